The number of aryl methyl sites for hydroxylation is 1. The molecule has 0 saturated carbocycles. The first-order valence-corrected chi connectivity index (χ1v) is 13.4. The predicted molar refractivity (Wildman–Crippen MR) is 157 cm³/mol. The van der Waals surface area contributed by atoms with Crippen LogP contribution >= 0.6 is 0 Å². The fourth-order valence-electron chi connectivity index (χ4n) is 5.96. The van der Waals surface area contributed by atoms with Crippen molar-refractivity contribution < 1.29 is 24.2 Å². The smallest absolute Gasteiger partial charge is 0.330 e. The molecule has 1 heterocycles. The molecule has 2 N–H and O–H groups in total. The van der Waals surface area contributed by atoms with E-state index in [4.69, 9.17) is 4.74 Å². The Balaban J connectivity index is 1.75. The molecule has 0 radical (unpaired) electrons. The van der Waals surface area contributed by atoms with Crippen LogP contribution in [0, 0.1) is 12.8 Å². The average molecular weight is 549 g/mol. The molecule has 4 unspecified atom stereocenters. The van der Waals surface area contributed by atoms with Crippen molar-refractivity contribution >= 4 is 23.5 Å². The summed E-state index contributed by atoms with van der Waals surface area (Å²) in [6, 6.07) is 30.8. The molecule has 5 rings (SSSR count). The van der Waals surface area contributed by atoms with Crippen LogP contribution in [0.5, 0.6) is 5.75 Å². The summed E-state index contributed by atoms with van der Waals surface area (Å²) in [6.07, 6.45) is 0. The highest BCUT2D eigenvalue weighted by Crippen LogP contribution is 2.56. The summed E-state index contributed by atoms with van der Waals surface area (Å²) >= 11 is 0. The van der Waals surface area contributed by atoms with Crippen LogP contribution in [0.4, 0.5) is 10.5 Å². The maximum Gasteiger partial charge on any atom is 0.330 e. The molecule has 0 aromatic heterocycles. The van der Waals surface area contributed by atoms with E-state index >= 15 is 0 Å². The van der Waals surface area contributed by atoms with Gasteiger partial charge in [-0.1, -0.05) is 90.5 Å². The third-order valence-electron chi connectivity index (χ3n) is 8.02. The highest BCUT2D eigenvalue weighted by Gasteiger charge is 2.65. The largest absolute Gasteiger partial charge is 0.497 e. The lowest BCUT2D eigenvalue weighted by Gasteiger charge is -2.37. The molecule has 41 heavy (non-hydrogen) atoms. The molecule has 4 atom stereocenters. The molecular formula is C34H32N2O5. The first-order valence-electron chi connectivity index (χ1n) is 13.4. The molecule has 7 nitrogen and oxygen atoms in total. The Morgan fingerprint density at radius 1 is 0.805 bits per heavy atom. The van der Waals surface area contributed by atoms with Gasteiger partial charge in [0.15, 0.2) is 5.78 Å². The SMILES string of the molecule is COc1ccc(C2C(C(=O)c3ccccc3)C(c3ccccc3)C(C)(C(=O)O)N2C(=O)Nc2ccc(C)cc2)cc1. The Morgan fingerprint density at radius 2 is 1.39 bits per heavy atom. The number of hydrogen-bond acceptors (Lipinski definition) is 4. The van der Waals surface area contributed by atoms with Crippen LogP contribution in [-0.2, 0) is 4.79 Å². The van der Waals surface area contributed by atoms with Gasteiger partial charge in [0.05, 0.1) is 19.1 Å². The summed E-state index contributed by atoms with van der Waals surface area (Å²) in [5, 5.41) is 13.8. The zero-order valence-electron chi connectivity index (χ0n) is 23.2. The Hall–Kier alpha value is -4.91. The van der Waals surface area contributed by atoms with Gasteiger partial charge >= 0.3 is 12.0 Å². The fourth-order valence-corrected chi connectivity index (χ4v) is 5.96. The summed E-state index contributed by atoms with van der Waals surface area (Å²) in [6.45, 7) is 3.48. The summed E-state index contributed by atoms with van der Waals surface area (Å²) in [5.41, 5.74) is 1.51. The van der Waals surface area contributed by atoms with Gasteiger partial charge in [-0.3, -0.25) is 9.69 Å². The molecule has 0 spiro atoms. The minimum absolute atomic E-state index is 0.238. The van der Waals surface area contributed by atoms with Crippen LogP contribution < -0.4 is 10.1 Å². The molecule has 4 aromatic carbocycles. The molecular weight excluding hydrogens is 516 g/mol. The van der Waals surface area contributed by atoms with Gasteiger partial charge in [-0.2, -0.15) is 0 Å². The Bertz CT molecular complexity index is 1540. The van der Waals surface area contributed by atoms with Gasteiger partial charge in [0, 0.05) is 17.2 Å². The molecule has 4 aromatic rings. The van der Waals surface area contributed by atoms with E-state index in [1.54, 1.807) is 67.8 Å². The number of hydrogen-bond donors (Lipinski definition) is 2. The number of benzene rings is 4. The number of aliphatic carboxylic acids is 1. The molecule has 208 valence electrons. The number of anilines is 1. The van der Waals surface area contributed by atoms with E-state index in [1.807, 2.05) is 55.5 Å². The van der Waals surface area contributed by atoms with E-state index < -0.39 is 35.4 Å². The number of carbonyl (C=O) groups excluding carboxylic acids is 2. The van der Waals surface area contributed by atoms with Gasteiger partial charge in [0.1, 0.15) is 11.3 Å². The van der Waals surface area contributed by atoms with Crippen molar-refractivity contribution in [1.82, 2.24) is 4.90 Å². The van der Waals surface area contributed by atoms with Crippen molar-refractivity contribution in [2.75, 3.05) is 12.4 Å². The maximum atomic E-state index is 14.4. The summed E-state index contributed by atoms with van der Waals surface area (Å²) in [5.74, 6) is -2.59. The molecule has 7 heteroatoms. The van der Waals surface area contributed by atoms with E-state index in [2.05, 4.69) is 5.32 Å². The van der Waals surface area contributed by atoms with Crippen LogP contribution in [0.3, 0.4) is 0 Å². The standard InChI is InChI=1S/C34H32N2O5/c1-22-14-18-26(19-15-22)35-33(40)36-30(24-16-20-27(41-3)21-17-24)28(31(37)25-12-8-5-9-13-25)29(34(36,2)32(38)39)23-10-6-4-7-11-23/h4-21,28-30H,1-3H3,(H,35,40)(H,38,39). The molecule has 2 amide bonds. The lowest BCUT2D eigenvalue weighted by molar-refractivity contribution is -0.148. The number of amides is 2. The number of rotatable bonds is 7. The molecule has 0 bridgehead atoms. The van der Waals surface area contributed by atoms with E-state index in [9.17, 15) is 19.5 Å². The Labute approximate surface area is 239 Å². The van der Waals surface area contributed by atoms with Crippen LogP contribution in [0.25, 0.3) is 0 Å². The van der Waals surface area contributed by atoms with Gasteiger partial charge in [-0.05, 0) is 49.2 Å². The number of ether oxygens (including phenoxy) is 1. The number of carboxylic acids is 1. The predicted octanol–water partition coefficient (Wildman–Crippen LogP) is 6.72. The second-order valence-electron chi connectivity index (χ2n) is 10.5. The van der Waals surface area contributed by atoms with Crippen LogP contribution in [-0.4, -0.2) is 40.4 Å². The number of methoxy groups -OCH3 is 1. The maximum absolute atomic E-state index is 14.4. The van der Waals surface area contributed by atoms with Crippen molar-refractivity contribution in [3.8, 4) is 5.75 Å². The number of Topliss-reactive ketones (excluding diaryl/α,β-unsaturated/α-hetero) is 1. The number of carboxylic acid groups (broad SMARTS) is 1. The topological polar surface area (TPSA) is 95.9 Å². The average Bonchev–Trinajstić information content (AvgIpc) is 3.29. The number of nitrogens with zero attached hydrogens (tertiary/aromatic N) is 1. The van der Waals surface area contributed by atoms with E-state index in [0.29, 0.717) is 28.1 Å². The third-order valence-corrected chi connectivity index (χ3v) is 8.02. The van der Waals surface area contributed by atoms with Crippen LogP contribution in [0.1, 0.15) is 45.9 Å². The number of likely N-dealkylation sites (tertiary alicyclic amines) is 1. The van der Waals surface area contributed by atoms with Gasteiger partial charge in [0.2, 0.25) is 0 Å². The van der Waals surface area contributed by atoms with Crippen LogP contribution in [0.15, 0.2) is 109 Å². The summed E-state index contributed by atoms with van der Waals surface area (Å²) in [7, 11) is 1.56. The van der Waals surface area contributed by atoms with Gasteiger partial charge in [-0.25, -0.2) is 9.59 Å². The monoisotopic (exact) mass is 548 g/mol. The molecule has 1 aliphatic heterocycles. The Morgan fingerprint density at radius 3 is 1.95 bits per heavy atom. The lowest BCUT2D eigenvalue weighted by atomic mass is 9.71. The second kappa shape index (κ2) is 11.3. The Kier molecular flexibility index (Phi) is 7.62. The van der Waals surface area contributed by atoms with Gasteiger partial charge in [0.25, 0.3) is 0 Å². The van der Waals surface area contributed by atoms with E-state index in [1.165, 1.54) is 11.8 Å². The van der Waals surface area contributed by atoms with E-state index in [0.717, 1.165) is 5.56 Å². The molecule has 1 fully saturated rings. The first kappa shape index (κ1) is 27.6. The minimum atomic E-state index is -1.78. The highest BCUT2D eigenvalue weighted by molar-refractivity contribution is 6.03. The lowest BCUT2D eigenvalue weighted by Crippen LogP contribution is -2.55. The number of urea groups is 1. The zero-order valence-corrected chi connectivity index (χ0v) is 23.2. The number of ketones is 1. The van der Waals surface area contributed by atoms with Crippen molar-refractivity contribution in [3.63, 3.8) is 0 Å². The number of carbonyl (C=O) groups is 3. The minimum Gasteiger partial charge on any atom is -0.497 e. The van der Waals surface area contributed by atoms with Crippen molar-refractivity contribution in [2.45, 2.75) is 31.3 Å². The fraction of sp³-hybridized carbons (Fsp3) is 0.206. The summed E-state index contributed by atoms with van der Waals surface area (Å²) < 4.78 is 5.35. The third kappa shape index (κ3) is 5.07. The van der Waals surface area contributed by atoms with Crippen molar-refractivity contribution in [3.05, 3.63) is 131 Å². The highest BCUT2D eigenvalue weighted by atomic mass is 16.5. The van der Waals surface area contributed by atoms with Crippen LogP contribution in [0.2, 0.25) is 0 Å². The summed E-state index contributed by atoms with van der Waals surface area (Å²) in [4.78, 5) is 43.4. The van der Waals surface area contributed by atoms with Gasteiger partial charge in [-0.15, -0.1) is 0 Å². The van der Waals surface area contributed by atoms with Crippen molar-refractivity contribution in [1.29, 1.82) is 0 Å². The first-order chi connectivity index (χ1) is 19.8. The second-order valence-corrected chi connectivity index (χ2v) is 10.5. The number of nitrogens with one attached hydrogen (secondary N) is 1. The van der Waals surface area contributed by atoms with E-state index in [-0.39, 0.29) is 5.78 Å². The molecule has 1 saturated heterocycles. The molecule has 0 aliphatic carbocycles. The quantitative estimate of drug-likeness (QED) is 0.250. The molecule has 1 aliphatic rings. The normalized spacial score (nSPS) is 21.7. The van der Waals surface area contributed by atoms with Crippen molar-refractivity contribution in [2.24, 2.45) is 5.92 Å². The van der Waals surface area contributed by atoms with Gasteiger partial charge < -0.3 is 15.2 Å². The zero-order chi connectivity index (χ0) is 29.1.